The summed E-state index contributed by atoms with van der Waals surface area (Å²) in [4.78, 5) is 4.46. The lowest BCUT2D eigenvalue weighted by molar-refractivity contribution is 0.192. The number of nitrogens with zero attached hydrogens (tertiary/aromatic N) is 1. The monoisotopic (exact) mass is 200 g/mol. The quantitative estimate of drug-likeness (QED) is 0.728. The second kappa shape index (κ2) is 4.33. The molecule has 3 nitrogen and oxygen atoms in total. The molecule has 0 aromatic rings. The molecule has 0 spiro atoms. The Bertz CT molecular complexity index is 202. The average molecular weight is 200 g/mol. The first-order valence-electron chi connectivity index (χ1n) is 4.94. The maximum absolute atomic E-state index is 5.29. The third kappa shape index (κ3) is 2.38. The standard InChI is InChI=1S/C9H16N2OS/c1-2-8-5-10-9(13-8)11-7-3-4-12-6-7/h7-8H,2-6H2,1H3,(H,10,11). The van der Waals surface area contributed by atoms with Gasteiger partial charge in [0, 0.05) is 11.9 Å². The summed E-state index contributed by atoms with van der Waals surface area (Å²) in [5.41, 5.74) is 0. The number of amidine groups is 1. The molecule has 0 radical (unpaired) electrons. The zero-order valence-electron chi connectivity index (χ0n) is 7.95. The zero-order chi connectivity index (χ0) is 9.10. The maximum atomic E-state index is 5.29. The van der Waals surface area contributed by atoms with Crippen LogP contribution in [0.1, 0.15) is 19.8 Å². The Morgan fingerprint density at radius 2 is 2.62 bits per heavy atom. The van der Waals surface area contributed by atoms with Gasteiger partial charge in [-0.3, -0.25) is 4.99 Å². The second-order valence-electron chi connectivity index (χ2n) is 3.50. The van der Waals surface area contributed by atoms with Gasteiger partial charge >= 0.3 is 0 Å². The average Bonchev–Trinajstić information content (AvgIpc) is 2.76. The molecule has 0 aromatic heterocycles. The van der Waals surface area contributed by atoms with Crippen molar-refractivity contribution in [2.45, 2.75) is 31.1 Å². The van der Waals surface area contributed by atoms with Crippen LogP contribution in [0.25, 0.3) is 0 Å². The lowest BCUT2D eigenvalue weighted by Crippen LogP contribution is -2.32. The van der Waals surface area contributed by atoms with Gasteiger partial charge in [-0.15, -0.1) is 0 Å². The lowest BCUT2D eigenvalue weighted by Gasteiger charge is -2.11. The van der Waals surface area contributed by atoms with Crippen molar-refractivity contribution in [3.8, 4) is 0 Å². The molecule has 2 heterocycles. The van der Waals surface area contributed by atoms with Crippen LogP contribution in [0.3, 0.4) is 0 Å². The van der Waals surface area contributed by atoms with Gasteiger partial charge in [-0.2, -0.15) is 0 Å². The van der Waals surface area contributed by atoms with Gasteiger partial charge in [0.15, 0.2) is 5.17 Å². The molecule has 1 saturated heterocycles. The molecule has 0 aliphatic carbocycles. The normalized spacial score (nSPS) is 33.5. The molecule has 2 atom stereocenters. The molecule has 2 unspecified atom stereocenters. The van der Waals surface area contributed by atoms with E-state index in [4.69, 9.17) is 4.74 Å². The van der Waals surface area contributed by atoms with Crippen molar-refractivity contribution in [2.24, 2.45) is 4.99 Å². The van der Waals surface area contributed by atoms with Crippen molar-refractivity contribution >= 4 is 16.9 Å². The van der Waals surface area contributed by atoms with Crippen LogP contribution in [0.15, 0.2) is 4.99 Å². The van der Waals surface area contributed by atoms with E-state index < -0.39 is 0 Å². The van der Waals surface area contributed by atoms with Gasteiger partial charge in [0.25, 0.3) is 0 Å². The van der Waals surface area contributed by atoms with E-state index in [-0.39, 0.29) is 0 Å². The topological polar surface area (TPSA) is 33.6 Å². The molecule has 0 aromatic carbocycles. The van der Waals surface area contributed by atoms with Crippen LogP contribution in [0.2, 0.25) is 0 Å². The summed E-state index contributed by atoms with van der Waals surface area (Å²) in [7, 11) is 0. The molecular weight excluding hydrogens is 184 g/mol. The second-order valence-corrected chi connectivity index (χ2v) is 4.79. The molecular formula is C9H16N2OS. The largest absolute Gasteiger partial charge is 0.379 e. The predicted molar refractivity (Wildman–Crippen MR) is 56.3 cm³/mol. The molecule has 0 amide bonds. The van der Waals surface area contributed by atoms with Gasteiger partial charge in [0.1, 0.15) is 0 Å². The summed E-state index contributed by atoms with van der Waals surface area (Å²) in [5.74, 6) is 0. The number of hydrogen-bond acceptors (Lipinski definition) is 4. The van der Waals surface area contributed by atoms with Crippen molar-refractivity contribution in [2.75, 3.05) is 19.8 Å². The van der Waals surface area contributed by atoms with E-state index in [1.165, 1.54) is 6.42 Å². The summed E-state index contributed by atoms with van der Waals surface area (Å²) in [6.07, 6.45) is 2.33. The molecule has 2 aliphatic rings. The first-order valence-corrected chi connectivity index (χ1v) is 5.82. The highest BCUT2D eigenvalue weighted by Gasteiger charge is 2.22. The van der Waals surface area contributed by atoms with E-state index in [0.29, 0.717) is 11.3 Å². The number of thioether (sulfide) groups is 1. The number of rotatable bonds is 2. The first-order chi connectivity index (χ1) is 6.38. The van der Waals surface area contributed by atoms with Crippen LogP contribution >= 0.6 is 11.8 Å². The van der Waals surface area contributed by atoms with Crippen LogP contribution in [0.4, 0.5) is 0 Å². The fourth-order valence-electron chi connectivity index (χ4n) is 1.53. The van der Waals surface area contributed by atoms with Gasteiger partial charge in [-0.1, -0.05) is 18.7 Å². The van der Waals surface area contributed by atoms with Crippen molar-refractivity contribution in [3.63, 3.8) is 0 Å². The summed E-state index contributed by atoms with van der Waals surface area (Å²) in [5, 5.41) is 5.26. The predicted octanol–water partition coefficient (Wildman–Crippen LogP) is 1.25. The number of aliphatic imine (C=N–C) groups is 1. The Morgan fingerprint density at radius 1 is 1.69 bits per heavy atom. The van der Waals surface area contributed by atoms with Gasteiger partial charge in [-0.05, 0) is 12.8 Å². The summed E-state index contributed by atoms with van der Waals surface area (Å²) in [6.45, 7) is 4.94. The van der Waals surface area contributed by atoms with E-state index in [2.05, 4.69) is 17.2 Å². The van der Waals surface area contributed by atoms with Crippen LogP contribution in [0.5, 0.6) is 0 Å². The third-order valence-electron chi connectivity index (χ3n) is 2.43. The fourth-order valence-corrected chi connectivity index (χ4v) is 2.55. The molecule has 1 fully saturated rings. The number of ether oxygens (including phenoxy) is 1. The van der Waals surface area contributed by atoms with Gasteiger partial charge in [-0.25, -0.2) is 0 Å². The van der Waals surface area contributed by atoms with E-state index in [1.807, 2.05) is 11.8 Å². The molecule has 74 valence electrons. The van der Waals surface area contributed by atoms with E-state index >= 15 is 0 Å². The molecule has 0 saturated carbocycles. The number of hydrogen-bond donors (Lipinski definition) is 1. The van der Waals surface area contributed by atoms with Crippen LogP contribution in [-0.4, -0.2) is 36.2 Å². The van der Waals surface area contributed by atoms with E-state index in [9.17, 15) is 0 Å². The Morgan fingerprint density at radius 3 is 3.23 bits per heavy atom. The lowest BCUT2D eigenvalue weighted by atomic mass is 10.3. The maximum Gasteiger partial charge on any atom is 0.157 e. The van der Waals surface area contributed by atoms with Crippen LogP contribution in [0, 0.1) is 0 Å². The fraction of sp³-hybridized carbons (Fsp3) is 0.889. The Balaban J connectivity index is 1.76. The highest BCUT2D eigenvalue weighted by Crippen LogP contribution is 2.22. The minimum atomic E-state index is 0.502. The van der Waals surface area contributed by atoms with Crippen molar-refractivity contribution in [3.05, 3.63) is 0 Å². The Kier molecular flexibility index (Phi) is 3.11. The molecule has 13 heavy (non-hydrogen) atoms. The van der Waals surface area contributed by atoms with Crippen LogP contribution < -0.4 is 5.32 Å². The highest BCUT2D eigenvalue weighted by atomic mass is 32.2. The van der Waals surface area contributed by atoms with Crippen molar-refractivity contribution in [1.29, 1.82) is 0 Å². The Hall–Kier alpha value is -0.220. The molecule has 1 N–H and O–H groups in total. The van der Waals surface area contributed by atoms with E-state index in [0.717, 1.165) is 31.3 Å². The van der Waals surface area contributed by atoms with Crippen LogP contribution in [-0.2, 0) is 4.74 Å². The number of nitrogens with one attached hydrogen (secondary N) is 1. The Labute approximate surface area is 83.3 Å². The molecule has 4 heteroatoms. The minimum absolute atomic E-state index is 0.502. The molecule has 0 bridgehead atoms. The molecule has 2 rings (SSSR count). The highest BCUT2D eigenvalue weighted by molar-refractivity contribution is 8.14. The van der Waals surface area contributed by atoms with Gasteiger partial charge in [0.05, 0.1) is 19.2 Å². The smallest absolute Gasteiger partial charge is 0.157 e. The third-order valence-corrected chi connectivity index (χ3v) is 3.72. The zero-order valence-corrected chi connectivity index (χ0v) is 8.77. The van der Waals surface area contributed by atoms with Gasteiger partial charge < -0.3 is 10.1 Å². The minimum Gasteiger partial charge on any atom is -0.379 e. The van der Waals surface area contributed by atoms with Crippen molar-refractivity contribution < 1.29 is 4.74 Å². The molecule has 2 aliphatic heterocycles. The van der Waals surface area contributed by atoms with E-state index in [1.54, 1.807) is 0 Å². The van der Waals surface area contributed by atoms with Crippen molar-refractivity contribution in [1.82, 2.24) is 5.32 Å². The first kappa shape index (κ1) is 9.34. The SMILES string of the molecule is CCC1CN=C(NC2CCOC2)S1. The summed E-state index contributed by atoms with van der Waals surface area (Å²) in [6, 6.07) is 0.502. The van der Waals surface area contributed by atoms with Gasteiger partial charge in [0.2, 0.25) is 0 Å². The summed E-state index contributed by atoms with van der Waals surface area (Å²) >= 11 is 1.88. The summed E-state index contributed by atoms with van der Waals surface area (Å²) < 4.78 is 5.29.